The molecule has 72 valence electrons. The summed E-state index contributed by atoms with van der Waals surface area (Å²) < 4.78 is 39.0. The molecule has 0 saturated carbocycles. The van der Waals surface area contributed by atoms with Crippen molar-refractivity contribution in [2.75, 3.05) is 0 Å². The molecule has 0 radical (unpaired) electrons. The lowest BCUT2D eigenvalue weighted by Gasteiger charge is -1.99. The highest BCUT2D eigenvalue weighted by Crippen LogP contribution is 2.36. The molecule has 4 nitrogen and oxygen atoms in total. The number of carbonyl (C=O) groups is 1. The van der Waals surface area contributed by atoms with Crippen LogP contribution in [0.4, 0.5) is 13.2 Å². The first-order valence-electron chi connectivity index (χ1n) is 2.79. The second-order valence-electron chi connectivity index (χ2n) is 1.98. The van der Waals surface area contributed by atoms with Crippen LogP contribution in [-0.2, 0) is 6.18 Å². The number of aromatic nitrogens is 1. The maximum absolute atomic E-state index is 12.0. The van der Waals surface area contributed by atoms with E-state index in [9.17, 15) is 18.0 Å². The van der Waals surface area contributed by atoms with Crippen molar-refractivity contribution in [2.45, 2.75) is 6.18 Å². The van der Waals surface area contributed by atoms with E-state index >= 15 is 0 Å². The third-order valence-electron chi connectivity index (χ3n) is 1.10. The maximum Gasteiger partial charge on any atom is 0.453 e. The van der Waals surface area contributed by atoms with Crippen molar-refractivity contribution in [3.63, 3.8) is 0 Å². The van der Waals surface area contributed by atoms with Gasteiger partial charge in [0.25, 0.3) is 5.76 Å². The number of alkyl halides is 3. The van der Waals surface area contributed by atoms with Crippen molar-refractivity contribution in [3.05, 3.63) is 15.9 Å². The predicted molar refractivity (Wildman–Crippen MR) is 36.2 cm³/mol. The quantitative estimate of drug-likeness (QED) is 0.840. The molecular formula is C5HBrF3NO3. The Kier molecular flexibility index (Phi) is 2.33. The van der Waals surface area contributed by atoms with Gasteiger partial charge in [0.2, 0.25) is 5.69 Å². The number of nitrogens with zero attached hydrogens (tertiary/aromatic N) is 1. The van der Waals surface area contributed by atoms with E-state index in [4.69, 9.17) is 5.11 Å². The fraction of sp³-hybridized carbons (Fsp3) is 0.200. The summed E-state index contributed by atoms with van der Waals surface area (Å²) in [5.74, 6) is -3.05. The molecule has 1 aromatic heterocycles. The van der Waals surface area contributed by atoms with Crippen molar-refractivity contribution in [3.8, 4) is 0 Å². The Morgan fingerprint density at radius 3 is 2.31 bits per heavy atom. The van der Waals surface area contributed by atoms with E-state index in [0.717, 1.165) is 0 Å². The highest BCUT2D eigenvalue weighted by molar-refractivity contribution is 9.10. The molecule has 1 rings (SSSR count). The van der Waals surface area contributed by atoms with Gasteiger partial charge < -0.3 is 9.63 Å². The first-order chi connectivity index (χ1) is 5.84. The normalized spacial score (nSPS) is 11.7. The van der Waals surface area contributed by atoms with Gasteiger partial charge in [0.05, 0.1) is 0 Å². The lowest BCUT2D eigenvalue weighted by atomic mass is 10.3. The van der Waals surface area contributed by atoms with Crippen LogP contribution in [0.15, 0.2) is 9.00 Å². The number of rotatable bonds is 1. The molecule has 0 bridgehead atoms. The summed E-state index contributed by atoms with van der Waals surface area (Å²) in [6.07, 6.45) is -4.75. The number of hydrogen-bond acceptors (Lipinski definition) is 3. The summed E-state index contributed by atoms with van der Waals surface area (Å²) in [4.78, 5) is 10.2. The highest BCUT2D eigenvalue weighted by atomic mass is 79.9. The smallest absolute Gasteiger partial charge is 0.453 e. The topological polar surface area (TPSA) is 63.3 Å². The standard InChI is InChI=1S/C5HBrF3NO3/c6-1-2(4(11)12)10-13-3(1)5(7,8)9/h(H,11,12). The Balaban J connectivity index is 3.22. The van der Waals surface area contributed by atoms with E-state index < -0.39 is 28.1 Å². The minimum Gasteiger partial charge on any atom is -0.476 e. The minimum absolute atomic E-state index is 0.701. The summed E-state index contributed by atoms with van der Waals surface area (Å²) in [7, 11) is 0. The predicted octanol–water partition coefficient (Wildman–Crippen LogP) is 2.15. The van der Waals surface area contributed by atoms with Gasteiger partial charge in [-0.3, -0.25) is 0 Å². The number of halogens is 4. The molecule has 0 aliphatic rings. The zero-order chi connectivity index (χ0) is 10.2. The number of hydrogen-bond donors (Lipinski definition) is 1. The second-order valence-corrected chi connectivity index (χ2v) is 2.77. The highest BCUT2D eigenvalue weighted by Gasteiger charge is 2.40. The van der Waals surface area contributed by atoms with Gasteiger partial charge in [0.1, 0.15) is 4.47 Å². The molecule has 0 saturated heterocycles. The summed E-state index contributed by atoms with van der Waals surface area (Å²) in [5, 5.41) is 11.1. The third-order valence-corrected chi connectivity index (χ3v) is 1.83. The zero-order valence-electron chi connectivity index (χ0n) is 5.72. The van der Waals surface area contributed by atoms with E-state index in [-0.39, 0.29) is 0 Å². The molecule has 13 heavy (non-hydrogen) atoms. The van der Waals surface area contributed by atoms with Crippen molar-refractivity contribution in [2.24, 2.45) is 0 Å². The van der Waals surface area contributed by atoms with Gasteiger partial charge in [0, 0.05) is 0 Å². The molecule has 0 amide bonds. The van der Waals surface area contributed by atoms with Crippen LogP contribution in [0.2, 0.25) is 0 Å². The van der Waals surface area contributed by atoms with Gasteiger partial charge in [-0.05, 0) is 15.9 Å². The van der Waals surface area contributed by atoms with Gasteiger partial charge >= 0.3 is 12.1 Å². The summed E-state index contributed by atoms with van der Waals surface area (Å²) in [6.45, 7) is 0. The number of carboxylic acid groups (broad SMARTS) is 1. The molecule has 1 aromatic rings. The molecule has 1 N–H and O–H groups in total. The Labute approximate surface area is 77.4 Å². The first kappa shape index (κ1) is 10.0. The molecule has 0 aliphatic carbocycles. The average molecular weight is 260 g/mol. The van der Waals surface area contributed by atoms with Crippen LogP contribution >= 0.6 is 15.9 Å². The van der Waals surface area contributed by atoms with Crippen LogP contribution in [0.5, 0.6) is 0 Å². The van der Waals surface area contributed by atoms with E-state index in [0.29, 0.717) is 0 Å². The first-order valence-corrected chi connectivity index (χ1v) is 3.59. The van der Waals surface area contributed by atoms with Crippen LogP contribution < -0.4 is 0 Å². The Morgan fingerprint density at radius 1 is 1.54 bits per heavy atom. The van der Waals surface area contributed by atoms with Crippen LogP contribution in [0.1, 0.15) is 16.2 Å². The van der Waals surface area contributed by atoms with Gasteiger partial charge in [-0.25, -0.2) is 4.79 Å². The van der Waals surface area contributed by atoms with E-state index in [1.807, 2.05) is 0 Å². The zero-order valence-corrected chi connectivity index (χ0v) is 7.31. The number of aromatic carboxylic acids is 1. The van der Waals surface area contributed by atoms with Crippen LogP contribution in [0.3, 0.4) is 0 Å². The minimum atomic E-state index is -4.75. The SMILES string of the molecule is O=C(O)c1noc(C(F)(F)F)c1Br. The molecule has 0 spiro atoms. The Hall–Kier alpha value is -1.05. The summed E-state index contributed by atoms with van der Waals surface area (Å²) in [5.41, 5.74) is -0.799. The molecule has 0 fully saturated rings. The number of carboxylic acids is 1. The van der Waals surface area contributed by atoms with Crippen LogP contribution in [0.25, 0.3) is 0 Å². The van der Waals surface area contributed by atoms with Gasteiger partial charge in [-0.15, -0.1) is 0 Å². The van der Waals surface area contributed by atoms with E-state index in [1.165, 1.54) is 0 Å². The monoisotopic (exact) mass is 259 g/mol. The van der Waals surface area contributed by atoms with Crippen LogP contribution in [-0.4, -0.2) is 16.2 Å². The lowest BCUT2D eigenvalue weighted by Crippen LogP contribution is -2.04. The molecule has 0 atom stereocenters. The van der Waals surface area contributed by atoms with Crippen LogP contribution in [0, 0.1) is 0 Å². The van der Waals surface area contributed by atoms with Gasteiger partial charge in [-0.1, -0.05) is 5.16 Å². The van der Waals surface area contributed by atoms with Crippen molar-refractivity contribution < 1.29 is 27.6 Å². The largest absolute Gasteiger partial charge is 0.476 e. The molecule has 1 heterocycles. The maximum atomic E-state index is 12.0. The second kappa shape index (κ2) is 3.02. The van der Waals surface area contributed by atoms with Crippen molar-refractivity contribution >= 4 is 21.9 Å². The summed E-state index contributed by atoms with van der Waals surface area (Å²) in [6, 6.07) is 0. The fourth-order valence-corrected chi connectivity index (χ4v) is 1.13. The third kappa shape index (κ3) is 1.82. The lowest BCUT2D eigenvalue weighted by molar-refractivity contribution is -0.156. The summed E-state index contributed by atoms with van der Waals surface area (Å²) >= 11 is 2.43. The van der Waals surface area contributed by atoms with Gasteiger partial charge in [-0.2, -0.15) is 13.2 Å². The fourth-order valence-electron chi connectivity index (χ4n) is 0.588. The molecule has 0 aromatic carbocycles. The van der Waals surface area contributed by atoms with Crippen molar-refractivity contribution in [1.82, 2.24) is 5.16 Å². The Morgan fingerprint density at radius 2 is 2.08 bits per heavy atom. The average Bonchev–Trinajstić information content (AvgIpc) is 2.28. The Bertz CT molecular complexity index is 345. The van der Waals surface area contributed by atoms with E-state index in [1.54, 1.807) is 0 Å². The van der Waals surface area contributed by atoms with Gasteiger partial charge in [0.15, 0.2) is 0 Å². The molecule has 0 unspecified atom stereocenters. The molecule has 0 aliphatic heterocycles. The molecule has 8 heteroatoms. The van der Waals surface area contributed by atoms with E-state index in [2.05, 4.69) is 25.6 Å². The van der Waals surface area contributed by atoms with Crippen molar-refractivity contribution in [1.29, 1.82) is 0 Å². The molecular weight excluding hydrogens is 259 g/mol.